The lowest BCUT2D eigenvalue weighted by Gasteiger charge is -2.54. The van der Waals surface area contributed by atoms with Crippen LogP contribution in [0.2, 0.25) is 0 Å². The van der Waals surface area contributed by atoms with Crippen LogP contribution in [-0.4, -0.2) is 48.4 Å². The van der Waals surface area contributed by atoms with Gasteiger partial charge in [0.1, 0.15) is 0 Å². The molecule has 0 aromatic carbocycles. The minimum Gasteiger partial charge on any atom is -0.341 e. The Morgan fingerprint density at radius 1 is 1.00 bits per heavy atom. The fourth-order valence-electron chi connectivity index (χ4n) is 4.57. The molecule has 2 unspecified atom stereocenters. The highest BCUT2D eigenvalue weighted by Gasteiger charge is 2.46. The molecule has 0 radical (unpaired) electrons. The van der Waals surface area contributed by atoms with Crippen LogP contribution in [0, 0.1) is 29.1 Å². The maximum atomic E-state index is 12.6. The molecule has 0 bridgehead atoms. The Hall–Kier alpha value is -1.01. The van der Waals surface area contributed by atoms with Gasteiger partial charge < -0.3 is 4.90 Å². The molecule has 2 aliphatic heterocycles. The molecule has 2 heterocycles. The second-order valence-electron chi connectivity index (χ2n) is 9.23. The van der Waals surface area contributed by atoms with Gasteiger partial charge in [-0.25, -0.2) is 0 Å². The molecule has 0 aromatic rings. The van der Waals surface area contributed by atoms with Crippen molar-refractivity contribution in [3.8, 4) is 11.8 Å². The normalized spacial score (nSPS) is 21.3. The zero-order valence-electron chi connectivity index (χ0n) is 18.4. The number of nitrogens with zero attached hydrogens (tertiary/aromatic N) is 2. The lowest BCUT2D eigenvalue weighted by atomic mass is 9.71. The van der Waals surface area contributed by atoms with E-state index in [4.69, 9.17) is 0 Å². The van der Waals surface area contributed by atoms with Crippen LogP contribution >= 0.6 is 0 Å². The standard InChI is InChI=1S/C24H42N2O/c1-5-7-8-9-13-22(4)23(27)26-19-24(20-26)14-17-25(18-15-24)16-10-12-21(3)11-6-2/h21-22H,5-9,11,13-20H2,1-4H3. The Labute approximate surface area is 168 Å². The topological polar surface area (TPSA) is 23.6 Å². The Morgan fingerprint density at radius 3 is 2.33 bits per heavy atom. The Morgan fingerprint density at radius 2 is 1.70 bits per heavy atom. The summed E-state index contributed by atoms with van der Waals surface area (Å²) < 4.78 is 0. The molecule has 1 amide bonds. The van der Waals surface area contributed by atoms with Crippen LogP contribution in [0.15, 0.2) is 0 Å². The van der Waals surface area contributed by atoms with Crippen LogP contribution in [0.1, 0.15) is 85.5 Å². The van der Waals surface area contributed by atoms with Crippen LogP contribution in [0.25, 0.3) is 0 Å². The summed E-state index contributed by atoms with van der Waals surface area (Å²) in [5.74, 6) is 7.91. The second-order valence-corrected chi connectivity index (χ2v) is 9.23. The van der Waals surface area contributed by atoms with Gasteiger partial charge in [0.25, 0.3) is 0 Å². The maximum absolute atomic E-state index is 12.6. The Balaban J connectivity index is 1.65. The highest BCUT2D eigenvalue weighted by atomic mass is 16.2. The summed E-state index contributed by atoms with van der Waals surface area (Å²) in [7, 11) is 0. The number of carbonyl (C=O) groups excluding carboxylic acids is 1. The molecule has 0 saturated carbocycles. The molecule has 0 N–H and O–H groups in total. The van der Waals surface area contributed by atoms with E-state index in [2.05, 4.69) is 49.3 Å². The summed E-state index contributed by atoms with van der Waals surface area (Å²) in [4.78, 5) is 17.3. The van der Waals surface area contributed by atoms with E-state index in [1.807, 2.05) is 0 Å². The highest BCUT2D eigenvalue weighted by molar-refractivity contribution is 5.79. The monoisotopic (exact) mass is 374 g/mol. The van der Waals surface area contributed by atoms with Gasteiger partial charge in [-0.15, -0.1) is 0 Å². The molecule has 27 heavy (non-hydrogen) atoms. The minimum absolute atomic E-state index is 0.208. The molecule has 0 aliphatic carbocycles. The molecule has 154 valence electrons. The first kappa shape index (κ1) is 22.3. The van der Waals surface area contributed by atoms with Gasteiger partial charge in [0.05, 0.1) is 6.54 Å². The van der Waals surface area contributed by atoms with Gasteiger partial charge in [-0.05, 0) is 38.8 Å². The fraction of sp³-hybridized carbons (Fsp3) is 0.875. The molecule has 2 fully saturated rings. The number of hydrogen-bond donors (Lipinski definition) is 0. The van der Waals surface area contributed by atoms with E-state index in [9.17, 15) is 4.79 Å². The fourth-order valence-corrected chi connectivity index (χ4v) is 4.57. The first-order chi connectivity index (χ1) is 13.0. The average Bonchev–Trinajstić information content (AvgIpc) is 2.63. The van der Waals surface area contributed by atoms with Crippen molar-refractivity contribution in [3.63, 3.8) is 0 Å². The van der Waals surface area contributed by atoms with Crippen molar-refractivity contribution in [2.75, 3.05) is 32.7 Å². The van der Waals surface area contributed by atoms with Crippen molar-refractivity contribution in [2.24, 2.45) is 17.3 Å². The summed E-state index contributed by atoms with van der Waals surface area (Å²) in [6.45, 7) is 14.0. The Bertz CT molecular complexity index is 502. The lowest BCUT2D eigenvalue weighted by Crippen LogP contribution is -2.62. The first-order valence-electron chi connectivity index (χ1n) is 11.5. The number of unbranched alkanes of at least 4 members (excludes halogenated alkanes) is 3. The van der Waals surface area contributed by atoms with Crippen LogP contribution in [0.3, 0.4) is 0 Å². The van der Waals surface area contributed by atoms with Crippen molar-refractivity contribution in [2.45, 2.75) is 85.5 Å². The molecule has 2 atom stereocenters. The van der Waals surface area contributed by atoms with E-state index in [-0.39, 0.29) is 5.92 Å². The molecular weight excluding hydrogens is 332 g/mol. The summed E-state index contributed by atoms with van der Waals surface area (Å²) in [5, 5.41) is 0. The number of rotatable bonds is 9. The molecular formula is C24H42N2O. The minimum atomic E-state index is 0.208. The molecule has 3 heteroatoms. The average molecular weight is 375 g/mol. The third-order valence-electron chi connectivity index (χ3n) is 6.57. The molecule has 2 rings (SSSR count). The summed E-state index contributed by atoms with van der Waals surface area (Å²) in [5.41, 5.74) is 0.414. The maximum Gasteiger partial charge on any atom is 0.225 e. The van der Waals surface area contributed by atoms with Gasteiger partial charge in [0, 0.05) is 30.3 Å². The van der Waals surface area contributed by atoms with Crippen molar-refractivity contribution in [3.05, 3.63) is 0 Å². The van der Waals surface area contributed by atoms with Crippen molar-refractivity contribution >= 4 is 5.91 Å². The van der Waals surface area contributed by atoms with Crippen LogP contribution in [-0.2, 0) is 4.79 Å². The number of amides is 1. The van der Waals surface area contributed by atoms with Gasteiger partial charge >= 0.3 is 0 Å². The summed E-state index contributed by atoms with van der Waals surface area (Å²) in [6.07, 6.45) is 11.0. The van der Waals surface area contributed by atoms with Crippen LogP contribution in [0.4, 0.5) is 0 Å². The SMILES string of the molecule is CCCCCCC(C)C(=O)N1CC2(CCN(CC#CC(C)CCC)CC2)C1. The van der Waals surface area contributed by atoms with E-state index >= 15 is 0 Å². The number of piperidine rings is 1. The largest absolute Gasteiger partial charge is 0.341 e. The quantitative estimate of drug-likeness (QED) is 0.421. The number of carbonyl (C=O) groups is 1. The van der Waals surface area contributed by atoms with Crippen molar-refractivity contribution < 1.29 is 4.79 Å². The van der Waals surface area contributed by atoms with Gasteiger partial charge in [0.2, 0.25) is 5.91 Å². The summed E-state index contributed by atoms with van der Waals surface area (Å²) in [6, 6.07) is 0. The molecule has 2 aliphatic rings. The molecule has 2 saturated heterocycles. The smallest absolute Gasteiger partial charge is 0.225 e. The van der Waals surface area contributed by atoms with E-state index in [0.29, 0.717) is 17.2 Å². The predicted molar refractivity (Wildman–Crippen MR) is 114 cm³/mol. The number of hydrogen-bond acceptors (Lipinski definition) is 2. The van der Waals surface area contributed by atoms with Crippen LogP contribution in [0.5, 0.6) is 0 Å². The summed E-state index contributed by atoms with van der Waals surface area (Å²) >= 11 is 0. The predicted octanol–water partition coefficient (Wildman–Crippen LogP) is 4.96. The van der Waals surface area contributed by atoms with Gasteiger partial charge in [0.15, 0.2) is 0 Å². The van der Waals surface area contributed by atoms with Gasteiger partial charge in [-0.3, -0.25) is 9.69 Å². The Kier molecular flexibility index (Phi) is 9.16. The van der Waals surface area contributed by atoms with Crippen molar-refractivity contribution in [1.82, 2.24) is 9.80 Å². The van der Waals surface area contributed by atoms with E-state index in [1.54, 1.807) is 0 Å². The third-order valence-corrected chi connectivity index (χ3v) is 6.57. The van der Waals surface area contributed by atoms with E-state index < -0.39 is 0 Å². The highest BCUT2D eigenvalue weighted by Crippen LogP contribution is 2.41. The third kappa shape index (κ3) is 6.83. The van der Waals surface area contributed by atoms with E-state index in [1.165, 1.54) is 51.4 Å². The number of likely N-dealkylation sites (tertiary alicyclic amines) is 2. The van der Waals surface area contributed by atoms with Gasteiger partial charge in [-0.1, -0.05) is 71.6 Å². The lowest BCUT2D eigenvalue weighted by molar-refractivity contribution is -0.150. The van der Waals surface area contributed by atoms with Crippen molar-refractivity contribution in [1.29, 1.82) is 0 Å². The van der Waals surface area contributed by atoms with Crippen LogP contribution < -0.4 is 0 Å². The molecule has 0 aromatic heterocycles. The molecule has 1 spiro atoms. The van der Waals surface area contributed by atoms with E-state index in [0.717, 1.165) is 39.1 Å². The second kappa shape index (κ2) is 11.1. The zero-order valence-corrected chi connectivity index (χ0v) is 18.4. The first-order valence-corrected chi connectivity index (χ1v) is 11.5. The molecule has 3 nitrogen and oxygen atoms in total. The zero-order chi connectivity index (χ0) is 19.7. The van der Waals surface area contributed by atoms with Gasteiger partial charge in [-0.2, -0.15) is 0 Å².